The van der Waals surface area contributed by atoms with Gasteiger partial charge in [0.1, 0.15) is 12.7 Å². The quantitative estimate of drug-likeness (QED) is 0.484. The van der Waals surface area contributed by atoms with Gasteiger partial charge in [-0.15, -0.1) is 15.3 Å². The first kappa shape index (κ1) is 17.3. The number of hydrogen-bond acceptors (Lipinski definition) is 7. The van der Waals surface area contributed by atoms with Gasteiger partial charge >= 0.3 is 0 Å². The lowest BCUT2D eigenvalue weighted by molar-refractivity contribution is 0.0941. The molecule has 11 heteroatoms. The van der Waals surface area contributed by atoms with Gasteiger partial charge in [0.2, 0.25) is 5.82 Å². The van der Waals surface area contributed by atoms with Gasteiger partial charge in [0, 0.05) is 18.2 Å². The van der Waals surface area contributed by atoms with Crippen LogP contribution in [0.1, 0.15) is 10.6 Å². The van der Waals surface area contributed by atoms with E-state index in [1.54, 1.807) is 6.07 Å². The summed E-state index contributed by atoms with van der Waals surface area (Å²) in [5.41, 5.74) is 1.34. The molecule has 0 unspecified atom stereocenters. The molecule has 0 aliphatic rings. The van der Waals surface area contributed by atoms with E-state index in [-0.39, 0.29) is 30.4 Å². The highest BCUT2D eigenvalue weighted by Crippen LogP contribution is 2.13. The van der Waals surface area contributed by atoms with Crippen molar-refractivity contribution in [3.8, 4) is 17.2 Å². The van der Waals surface area contributed by atoms with Crippen LogP contribution in [0.25, 0.3) is 17.2 Å². The molecule has 0 bridgehead atoms. The summed E-state index contributed by atoms with van der Waals surface area (Å²) in [5, 5.41) is 20.8. The highest BCUT2D eigenvalue weighted by molar-refractivity contribution is 5.90. The smallest absolute Gasteiger partial charge is 0.288 e. The van der Waals surface area contributed by atoms with E-state index in [0.717, 1.165) is 5.56 Å². The van der Waals surface area contributed by atoms with Crippen LogP contribution in [0.2, 0.25) is 0 Å². The van der Waals surface area contributed by atoms with Crippen LogP contribution in [-0.4, -0.2) is 52.2 Å². The monoisotopic (exact) mass is 377 g/mol. The Morgan fingerprint density at radius 3 is 2.64 bits per heavy atom. The van der Waals surface area contributed by atoms with Crippen LogP contribution < -0.4 is 10.9 Å². The molecule has 0 aliphatic carbocycles. The van der Waals surface area contributed by atoms with Crippen LogP contribution in [-0.2, 0) is 6.54 Å². The molecule has 3 aromatic heterocycles. The van der Waals surface area contributed by atoms with Crippen molar-refractivity contribution < 1.29 is 4.79 Å². The predicted molar refractivity (Wildman–Crippen MR) is 97.6 cm³/mol. The molecule has 1 amide bonds. The summed E-state index contributed by atoms with van der Waals surface area (Å²) in [7, 11) is 0. The van der Waals surface area contributed by atoms with Crippen LogP contribution in [0.4, 0.5) is 0 Å². The van der Waals surface area contributed by atoms with Crippen molar-refractivity contribution in [1.82, 2.24) is 45.0 Å². The van der Waals surface area contributed by atoms with E-state index in [0.29, 0.717) is 5.69 Å². The van der Waals surface area contributed by atoms with Crippen LogP contribution in [0.3, 0.4) is 0 Å². The van der Waals surface area contributed by atoms with Crippen LogP contribution in [0.15, 0.2) is 59.9 Å². The number of carbonyl (C=O) groups excluding carboxylic acids is 1. The number of rotatable bonds is 6. The molecule has 0 saturated heterocycles. The fourth-order valence-corrected chi connectivity index (χ4v) is 2.51. The number of aromatic nitrogens is 8. The van der Waals surface area contributed by atoms with E-state index in [1.165, 1.54) is 28.0 Å². The first-order chi connectivity index (χ1) is 13.7. The lowest BCUT2D eigenvalue weighted by atomic mass is 10.1. The maximum atomic E-state index is 12.2. The van der Waals surface area contributed by atoms with E-state index >= 15 is 0 Å². The lowest BCUT2D eigenvalue weighted by Crippen LogP contribution is -2.32. The number of H-pyrrole nitrogens is 1. The Balaban J connectivity index is 1.40. The molecular formula is C17H15N9O2. The highest BCUT2D eigenvalue weighted by Gasteiger charge is 2.13. The molecule has 1 aromatic carbocycles. The molecule has 0 fully saturated rings. The summed E-state index contributed by atoms with van der Waals surface area (Å²) < 4.78 is 2.78. The highest BCUT2D eigenvalue weighted by atomic mass is 16.2. The average molecular weight is 377 g/mol. The summed E-state index contributed by atoms with van der Waals surface area (Å²) in [6.07, 6.45) is 2.84. The van der Waals surface area contributed by atoms with Crippen molar-refractivity contribution >= 4 is 5.91 Å². The molecule has 3 heterocycles. The number of nitrogens with zero attached hydrogens (tertiary/aromatic N) is 7. The van der Waals surface area contributed by atoms with Crippen LogP contribution in [0, 0.1) is 0 Å². The molecule has 140 valence electrons. The molecule has 11 nitrogen and oxygen atoms in total. The minimum Gasteiger partial charge on any atom is -0.347 e. The molecule has 0 radical (unpaired) electrons. The molecule has 4 rings (SSSR count). The second-order valence-electron chi connectivity index (χ2n) is 5.76. The second kappa shape index (κ2) is 7.61. The van der Waals surface area contributed by atoms with Gasteiger partial charge in [-0.2, -0.15) is 10.1 Å². The standard InChI is InChI=1S/C17H15N9O2/c27-14-7-6-13(12-4-2-1-3-5-12)24-26(14)9-8-18-16(28)15-21-17(23-22-15)25-10-19-20-11-25/h1-7,10-11H,8-9H2,(H,18,28)(H,21,22,23). The van der Waals surface area contributed by atoms with Gasteiger partial charge in [0.15, 0.2) is 0 Å². The minimum absolute atomic E-state index is 0.0436. The number of aromatic amines is 1. The zero-order valence-corrected chi connectivity index (χ0v) is 14.6. The Morgan fingerprint density at radius 1 is 1.07 bits per heavy atom. The van der Waals surface area contributed by atoms with Gasteiger partial charge in [-0.3, -0.25) is 19.3 Å². The Hall–Kier alpha value is -4.15. The molecule has 0 spiro atoms. The van der Waals surface area contributed by atoms with Gasteiger partial charge in [-0.05, 0) is 6.07 Å². The third kappa shape index (κ3) is 3.67. The topological polar surface area (TPSA) is 136 Å². The van der Waals surface area contributed by atoms with Crippen molar-refractivity contribution in [2.24, 2.45) is 0 Å². The third-order valence-corrected chi connectivity index (χ3v) is 3.88. The van der Waals surface area contributed by atoms with Crippen LogP contribution >= 0.6 is 0 Å². The maximum absolute atomic E-state index is 12.2. The zero-order chi connectivity index (χ0) is 19.3. The zero-order valence-electron chi connectivity index (χ0n) is 14.6. The van der Waals surface area contributed by atoms with E-state index in [4.69, 9.17) is 0 Å². The van der Waals surface area contributed by atoms with Crippen molar-refractivity contribution in [3.63, 3.8) is 0 Å². The number of benzene rings is 1. The SMILES string of the molecule is O=C(NCCn1nc(-c2ccccc2)ccc1=O)c1nc(-n2cnnc2)n[nH]1. The molecular weight excluding hydrogens is 362 g/mol. The van der Waals surface area contributed by atoms with E-state index in [1.807, 2.05) is 30.3 Å². The van der Waals surface area contributed by atoms with Gasteiger partial charge in [-0.25, -0.2) is 4.68 Å². The van der Waals surface area contributed by atoms with Gasteiger partial charge in [0.25, 0.3) is 17.4 Å². The summed E-state index contributed by atoms with van der Waals surface area (Å²) >= 11 is 0. The van der Waals surface area contributed by atoms with E-state index < -0.39 is 5.91 Å². The second-order valence-corrected chi connectivity index (χ2v) is 5.76. The largest absolute Gasteiger partial charge is 0.347 e. The van der Waals surface area contributed by atoms with Crippen molar-refractivity contribution in [2.45, 2.75) is 6.54 Å². The van der Waals surface area contributed by atoms with Gasteiger partial charge < -0.3 is 5.32 Å². The number of nitrogens with one attached hydrogen (secondary N) is 2. The average Bonchev–Trinajstić information content (AvgIpc) is 3.42. The summed E-state index contributed by atoms with van der Waals surface area (Å²) in [5.74, 6) is -0.148. The summed E-state index contributed by atoms with van der Waals surface area (Å²) in [4.78, 5) is 28.3. The summed E-state index contributed by atoms with van der Waals surface area (Å²) in [6, 6.07) is 12.7. The predicted octanol–water partition coefficient (Wildman–Crippen LogP) is 0.0391. The fraction of sp³-hybridized carbons (Fsp3) is 0.118. The molecule has 28 heavy (non-hydrogen) atoms. The van der Waals surface area contributed by atoms with Gasteiger partial charge in [0.05, 0.1) is 12.2 Å². The van der Waals surface area contributed by atoms with Crippen molar-refractivity contribution in [3.05, 3.63) is 71.3 Å². The fourth-order valence-electron chi connectivity index (χ4n) is 2.51. The molecule has 0 saturated carbocycles. The molecule has 2 N–H and O–H groups in total. The minimum atomic E-state index is -0.445. The van der Waals surface area contributed by atoms with Crippen LogP contribution in [0.5, 0.6) is 0 Å². The molecule has 0 atom stereocenters. The summed E-state index contributed by atoms with van der Waals surface area (Å²) in [6.45, 7) is 0.421. The molecule has 4 aromatic rings. The Bertz CT molecular complexity index is 1130. The van der Waals surface area contributed by atoms with Crippen molar-refractivity contribution in [2.75, 3.05) is 6.54 Å². The lowest BCUT2D eigenvalue weighted by Gasteiger charge is -2.07. The Kier molecular flexibility index (Phi) is 4.70. The number of carbonyl (C=O) groups is 1. The van der Waals surface area contributed by atoms with E-state index in [2.05, 4.69) is 35.8 Å². The van der Waals surface area contributed by atoms with Gasteiger partial charge in [-0.1, -0.05) is 30.3 Å². The van der Waals surface area contributed by atoms with E-state index in [9.17, 15) is 9.59 Å². The van der Waals surface area contributed by atoms with Crippen molar-refractivity contribution in [1.29, 1.82) is 0 Å². The first-order valence-electron chi connectivity index (χ1n) is 8.40. The third-order valence-electron chi connectivity index (χ3n) is 3.88. The maximum Gasteiger partial charge on any atom is 0.288 e. The first-order valence-corrected chi connectivity index (χ1v) is 8.40. The molecule has 0 aliphatic heterocycles. The number of amides is 1. The Labute approximate surface area is 158 Å². The Morgan fingerprint density at radius 2 is 1.86 bits per heavy atom. The normalized spacial score (nSPS) is 10.7. The number of hydrogen-bond donors (Lipinski definition) is 2.